The summed E-state index contributed by atoms with van der Waals surface area (Å²) in [7, 11) is 0. The van der Waals surface area contributed by atoms with Gasteiger partial charge in [-0.1, -0.05) is 24.3 Å². The monoisotopic (exact) mass is 246 g/mol. The van der Waals surface area contributed by atoms with E-state index in [1.54, 1.807) is 0 Å². The molecule has 2 heterocycles. The van der Waals surface area contributed by atoms with Gasteiger partial charge in [0.2, 0.25) is 0 Å². The van der Waals surface area contributed by atoms with Crippen LogP contribution < -0.4 is 5.32 Å². The van der Waals surface area contributed by atoms with Crippen LogP contribution in [0.3, 0.4) is 0 Å². The summed E-state index contributed by atoms with van der Waals surface area (Å²) in [5.41, 5.74) is 2.99. The predicted molar refractivity (Wildman–Crippen MR) is 72.6 cm³/mol. The zero-order chi connectivity index (χ0) is 12.2. The van der Waals surface area contributed by atoms with Gasteiger partial charge in [0.15, 0.2) is 0 Å². The number of rotatable bonds is 2. The first-order valence-electron chi connectivity index (χ1n) is 7.02. The summed E-state index contributed by atoms with van der Waals surface area (Å²) in [5, 5.41) is 3.66. The van der Waals surface area contributed by atoms with Gasteiger partial charge in [-0.25, -0.2) is 0 Å². The third-order valence-electron chi connectivity index (χ3n) is 3.96. The first-order valence-corrected chi connectivity index (χ1v) is 7.02. The van der Waals surface area contributed by atoms with Crippen molar-refractivity contribution < 1.29 is 4.74 Å². The Bertz CT molecular complexity index is 386. The average molecular weight is 246 g/mol. The van der Waals surface area contributed by atoms with Crippen LogP contribution in [0.5, 0.6) is 0 Å². The van der Waals surface area contributed by atoms with E-state index >= 15 is 0 Å². The molecule has 1 atom stereocenters. The molecule has 0 unspecified atom stereocenters. The zero-order valence-electron chi connectivity index (χ0n) is 10.9. The van der Waals surface area contributed by atoms with E-state index in [2.05, 4.69) is 34.5 Å². The Labute approximate surface area is 109 Å². The molecule has 0 bridgehead atoms. The molecule has 0 aliphatic carbocycles. The van der Waals surface area contributed by atoms with Crippen molar-refractivity contribution in [2.24, 2.45) is 0 Å². The third-order valence-corrected chi connectivity index (χ3v) is 3.96. The first kappa shape index (κ1) is 12.2. The SMILES string of the molecule is c1ccc2c(c1)CN[C@H](CN1CCCOCC1)C2. The normalized spacial score (nSPS) is 25.4. The van der Waals surface area contributed by atoms with E-state index in [-0.39, 0.29) is 0 Å². The quantitative estimate of drug-likeness (QED) is 0.854. The highest BCUT2D eigenvalue weighted by molar-refractivity contribution is 5.29. The van der Waals surface area contributed by atoms with Crippen molar-refractivity contribution in [2.45, 2.75) is 25.4 Å². The van der Waals surface area contributed by atoms with Gasteiger partial charge in [0.05, 0.1) is 6.61 Å². The molecule has 0 amide bonds. The minimum absolute atomic E-state index is 0.595. The number of fused-ring (bicyclic) bond motifs is 1. The lowest BCUT2D eigenvalue weighted by molar-refractivity contribution is 0.139. The van der Waals surface area contributed by atoms with Crippen molar-refractivity contribution in [3.63, 3.8) is 0 Å². The Kier molecular flexibility index (Phi) is 3.93. The van der Waals surface area contributed by atoms with Gasteiger partial charge in [0.1, 0.15) is 0 Å². The molecule has 18 heavy (non-hydrogen) atoms. The van der Waals surface area contributed by atoms with Gasteiger partial charge in [-0.15, -0.1) is 0 Å². The molecule has 0 radical (unpaired) electrons. The van der Waals surface area contributed by atoms with Crippen LogP contribution in [-0.2, 0) is 17.7 Å². The highest BCUT2D eigenvalue weighted by Gasteiger charge is 2.20. The van der Waals surface area contributed by atoms with Crippen LogP contribution >= 0.6 is 0 Å². The van der Waals surface area contributed by atoms with Crippen molar-refractivity contribution in [1.82, 2.24) is 10.2 Å². The smallest absolute Gasteiger partial charge is 0.0593 e. The number of hydrogen-bond acceptors (Lipinski definition) is 3. The molecule has 1 fully saturated rings. The number of nitrogens with zero attached hydrogens (tertiary/aromatic N) is 1. The summed E-state index contributed by atoms with van der Waals surface area (Å²) in [6.07, 6.45) is 2.33. The Morgan fingerprint density at radius 2 is 2.06 bits per heavy atom. The van der Waals surface area contributed by atoms with Crippen molar-refractivity contribution in [2.75, 3.05) is 32.8 Å². The highest BCUT2D eigenvalue weighted by atomic mass is 16.5. The van der Waals surface area contributed by atoms with E-state index in [4.69, 9.17) is 4.74 Å². The Morgan fingerprint density at radius 1 is 1.17 bits per heavy atom. The van der Waals surface area contributed by atoms with Gasteiger partial charge in [-0.3, -0.25) is 4.90 Å². The lowest BCUT2D eigenvalue weighted by Crippen LogP contribution is -2.45. The van der Waals surface area contributed by atoms with Crippen molar-refractivity contribution in [1.29, 1.82) is 0 Å². The molecule has 1 N–H and O–H groups in total. The molecule has 3 heteroatoms. The van der Waals surface area contributed by atoms with Crippen molar-refractivity contribution in [3.8, 4) is 0 Å². The maximum atomic E-state index is 5.51. The summed E-state index contributed by atoms with van der Waals surface area (Å²) >= 11 is 0. The summed E-state index contributed by atoms with van der Waals surface area (Å²) in [4.78, 5) is 2.54. The first-order chi connectivity index (χ1) is 8.92. The van der Waals surface area contributed by atoms with Crippen molar-refractivity contribution >= 4 is 0 Å². The fraction of sp³-hybridized carbons (Fsp3) is 0.600. The highest BCUT2D eigenvalue weighted by Crippen LogP contribution is 2.17. The molecular weight excluding hydrogens is 224 g/mol. The lowest BCUT2D eigenvalue weighted by Gasteiger charge is -2.30. The molecule has 2 aliphatic heterocycles. The summed E-state index contributed by atoms with van der Waals surface area (Å²) < 4.78 is 5.51. The van der Waals surface area contributed by atoms with Crippen LogP contribution in [0, 0.1) is 0 Å². The van der Waals surface area contributed by atoms with Gasteiger partial charge in [-0.2, -0.15) is 0 Å². The number of ether oxygens (including phenoxy) is 1. The van der Waals surface area contributed by atoms with Gasteiger partial charge < -0.3 is 10.1 Å². The molecule has 1 aromatic carbocycles. The van der Waals surface area contributed by atoms with Gasteiger partial charge in [0.25, 0.3) is 0 Å². The maximum Gasteiger partial charge on any atom is 0.0593 e. The third kappa shape index (κ3) is 2.91. The minimum atomic E-state index is 0.595. The standard InChI is InChI=1S/C15H22N2O/c1-2-5-14-11-16-15(10-13(14)4-1)12-17-6-3-8-18-9-7-17/h1-2,4-5,15-16H,3,6-12H2/t15-/m0/s1. The second-order valence-corrected chi connectivity index (χ2v) is 5.32. The minimum Gasteiger partial charge on any atom is -0.380 e. The Balaban J connectivity index is 1.58. The van der Waals surface area contributed by atoms with Crippen LogP contribution in [0.15, 0.2) is 24.3 Å². The number of nitrogens with one attached hydrogen (secondary N) is 1. The molecule has 0 spiro atoms. The summed E-state index contributed by atoms with van der Waals surface area (Å²) in [6, 6.07) is 9.39. The number of hydrogen-bond donors (Lipinski definition) is 1. The molecule has 98 valence electrons. The largest absolute Gasteiger partial charge is 0.380 e. The lowest BCUT2D eigenvalue weighted by atomic mass is 9.95. The second-order valence-electron chi connectivity index (χ2n) is 5.32. The fourth-order valence-electron chi connectivity index (χ4n) is 2.94. The van der Waals surface area contributed by atoms with Gasteiger partial charge >= 0.3 is 0 Å². The second kappa shape index (κ2) is 5.83. The van der Waals surface area contributed by atoms with E-state index in [1.165, 1.54) is 24.1 Å². The van der Waals surface area contributed by atoms with Gasteiger partial charge in [-0.05, 0) is 24.0 Å². The predicted octanol–water partition coefficient (Wildman–Crippen LogP) is 1.42. The molecule has 3 rings (SSSR count). The van der Waals surface area contributed by atoms with Crippen LogP contribution in [0.1, 0.15) is 17.5 Å². The Hall–Kier alpha value is -0.900. The molecule has 0 saturated carbocycles. The zero-order valence-corrected chi connectivity index (χ0v) is 10.9. The van der Waals surface area contributed by atoms with Gasteiger partial charge in [0, 0.05) is 38.8 Å². The molecule has 3 nitrogen and oxygen atoms in total. The molecular formula is C15H22N2O. The maximum absolute atomic E-state index is 5.51. The molecule has 2 aliphatic rings. The molecule has 0 aromatic heterocycles. The van der Waals surface area contributed by atoms with E-state index in [0.29, 0.717) is 6.04 Å². The van der Waals surface area contributed by atoms with E-state index in [0.717, 1.165) is 39.3 Å². The average Bonchev–Trinajstić information content (AvgIpc) is 2.67. The Morgan fingerprint density at radius 3 is 3.00 bits per heavy atom. The van der Waals surface area contributed by atoms with E-state index < -0.39 is 0 Å². The summed E-state index contributed by atoms with van der Waals surface area (Å²) in [6.45, 7) is 6.25. The molecule has 1 saturated heterocycles. The van der Waals surface area contributed by atoms with Crippen LogP contribution in [0.4, 0.5) is 0 Å². The van der Waals surface area contributed by atoms with Crippen LogP contribution in [0.25, 0.3) is 0 Å². The number of benzene rings is 1. The topological polar surface area (TPSA) is 24.5 Å². The fourth-order valence-corrected chi connectivity index (χ4v) is 2.94. The van der Waals surface area contributed by atoms with E-state index in [1.807, 2.05) is 0 Å². The van der Waals surface area contributed by atoms with Crippen LogP contribution in [0.2, 0.25) is 0 Å². The van der Waals surface area contributed by atoms with Crippen LogP contribution in [-0.4, -0.2) is 43.8 Å². The van der Waals surface area contributed by atoms with E-state index in [9.17, 15) is 0 Å². The molecule has 1 aromatic rings. The van der Waals surface area contributed by atoms with Crippen molar-refractivity contribution in [3.05, 3.63) is 35.4 Å². The summed E-state index contributed by atoms with van der Waals surface area (Å²) in [5.74, 6) is 0.